The average Bonchev–Trinajstić information content (AvgIpc) is 2.64. The Hall–Kier alpha value is -1.14. The summed E-state index contributed by atoms with van der Waals surface area (Å²) in [6, 6.07) is 8.37. The molecule has 25 heavy (non-hydrogen) atoms. The number of likely N-dealkylation sites (tertiary alicyclic amines) is 1. The van der Waals surface area contributed by atoms with Gasteiger partial charge >= 0.3 is 0 Å². The number of hydrogen-bond acceptors (Lipinski definition) is 4. The Morgan fingerprint density at radius 1 is 1.08 bits per heavy atom. The molecular weight excluding hydrogens is 336 g/mol. The van der Waals surface area contributed by atoms with E-state index in [0.717, 1.165) is 43.9 Å². The predicted octanol–water partition coefficient (Wildman–Crippen LogP) is 1.81. The van der Waals surface area contributed by atoms with Crippen LogP contribution in [0.4, 0.5) is 0 Å². The van der Waals surface area contributed by atoms with Gasteiger partial charge in [-0.15, -0.1) is 12.4 Å². The highest BCUT2D eigenvalue weighted by Crippen LogP contribution is 2.17. The molecule has 0 aromatic heterocycles. The summed E-state index contributed by atoms with van der Waals surface area (Å²) >= 11 is 0. The lowest BCUT2D eigenvalue weighted by atomic mass is 10.0. The molecule has 1 aromatic rings. The number of likely N-dealkylation sites (N-methyl/N-ethyl adjacent to an activating group) is 1. The first-order valence-electron chi connectivity index (χ1n) is 9.18. The van der Waals surface area contributed by atoms with Gasteiger partial charge in [-0.3, -0.25) is 9.69 Å². The predicted molar refractivity (Wildman–Crippen MR) is 104 cm³/mol. The molecule has 0 radical (unpaired) electrons. The van der Waals surface area contributed by atoms with Crippen molar-refractivity contribution in [1.82, 2.24) is 14.7 Å². The molecule has 1 aromatic carbocycles. The zero-order valence-corrected chi connectivity index (χ0v) is 16.0. The van der Waals surface area contributed by atoms with Gasteiger partial charge in [0.05, 0.1) is 0 Å². The highest BCUT2D eigenvalue weighted by atomic mass is 35.5. The summed E-state index contributed by atoms with van der Waals surface area (Å²) < 4.78 is 0. The molecule has 1 unspecified atom stereocenters. The molecular formula is C19H31ClN4O. The van der Waals surface area contributed by atoms with E-state index in [1.54, 1.807) is 0 Å². The van der Waals surface area contributed by atoms with Crippen LogP contribution in [0, 0.1) is 0 Å². The van der Waals surface area contributed by atoms with Gasteiger partial charge in [-0.1, -0.05) is 18.6 Å². The van der Waals surface area contributed by atoms with Crippen molar-refractivity contribution in [3.8, 4) is 0 Å². The molecule has 3 rings (SSSR count). The van der Waals surface area contributed by atoms with Gasteiger partial charge in [-0.25, -0.2) is 0 Å². The molecule has 6 heteroatoms. The molecule has 1 atom stereocenters. The minimum Gasteiger partial charge on any atom is -0.336 e. The van der Waals surface area contributed by atoms with Crippen molar-refractivity contribution < 1.29 is 4.79 Å². The number of halogens is 1. The number of piperidine rings is 1. The highest BCUT2D eigenvalue weighted by Gasteiger charge is 2.26. The van der Waals surface area contributed by atoms with E-state index in [0.29, 0.717) is 12.6 Å². The van der Waals surface area contributed by atoms with Crippen LogP contribution < -0.4 is 5.73 Å². The van der Waals surface area contributed by atoms with E-state index in [9.17, 15) is 4.79 Å². The Morgan fingerprint density at radius 2 is 1.76 bits per heavy atom. The SMILES string of the molecule is CN1CCCCC1CN1CCN(C(=O)c2ccc(CN)cc2)CC1.Cl. The molecule has 2 fully saturated rings. The van der Waals surface area contributed by atoms with E-state index in [1.807, 2.05) is 29.2 Å². The monoisotopic (exact) mass is 366 g/mol. The maximum atomic E-state index is 12.6. The first-order chi connectivity index (χ1) is 11.7. The van der Waals surface area contributed by atoms with Crippen LogP contribution in [0.3, 0.4) is 0 Å². The number of carbonyl (C=O) groups is 1. The molecule has 140 valence electrons. The van der Waals surface area contributed by atoms with Crippen molar-refractivity contribution >= 4 is 18.3 Å². The second kappa shape index (κ2) is 9.53. The molecule has 2 heterocycles. The van der Waals surface area contributed by atoms with Crippen LogP contribution in [0.25, 0.3) is 0 Å². The van der Waals surface area contributed by atoms with Crippen LogP contribution in [-0.2, 0) is 6.54 Å². The van der Waals surface area contributed by atoms with Crippen LogP contribution >= 0.6 is 12.4 Å². The lowest BCUT2D eigenvalue weighted by Gasteiger charge is -2.40. The molecule has 5 nitrogen and oxygen atoms in total. The number of amides is 1. The minimum atomic E-state index is 0. The van der Waals surface area contributed by atoms with Crippen molar-refractivity contribution in [2.24, 2.45) is 5.73 Å². The van der Waals surface area contributed by atoms with Gasteiger partial charge < -0.3 is 15.5 Å². The second-order valence-corrected chi connectivity index (χ2v) is 7.12. The van der Waals surface area contributed by atoms with Crippen molar-refractivity contribution in [3.63, 3.8) is 0 Å². The third-order valence-electron chi connectivity index (χ3n) is 5.49. The van der Waals surface area contributed by atoms with Crippen molar-refractivity contribution in [1.29, 1.82) is 0 Å². The van der Waals surface area contributed by atoms with Gasteiger partial charge in [-0.2, -0.15) is 0 Å². The van der Waals surface area contributed by atoms with Gasteiger partial charge in [-0.05, 0) is 44.1 Å². The number of piperazine rings is 1. The summed E-state index contributed by atoms with van der Waals surface area (Å²) in [7, 11) is 2.24. The van der Waals surface area contributed by atoms with Crippen LogP contribution in [0.15, 0.2) is 24.3 Å². The lowest BCUT2D eigenvalue weighted by Crippen LogP contribution is -2.53. The van der Waals surface area contributed by atoms with E-state index in [4.69, 9.17) is 5.73 Å². The fraction of sp³-hybridized carbons (Fsp3) is 0.632. The molecule has 2 N–H and O–H groups in total. The van der Waals surface area contributed by atoms with Crippen molar-refractivity contribution in [2.45, 2.75) is 31.8 Å². The topological polar surface area (TPSA) is 52.8 Å². The fourth-order valence-corrected chi connectivity index (χ4v) is 3.77. The summed E-state index contributed by atoms with van der Waals surface area (Å²) in [6.07, 6.45) is 3.99. The number of benzene rings is 1. The van der Waals surface area contributed by atoms with Crippen LogP contribution in [-0.4, -0.2) is 73.0 Å². The molecule has 0 aliphatic carbocycles. The number of nitrogens with two attached hydrogens (primary N) is 1. The first kappa shape index (κ1) is 20.2. The van der Waals surface area contributed by atoms with Gasteiger partial charge in [0.25, 0.3) is 5.91 Å². The summed E-state index contributed by atoms with van der Waals surface area (Å²) in [5.41, 5.74) is 7.45. The van der Waals surface area contributed by atoms with Gasteiger partial charge in [0, 0.05) is 50.9 Å². The average molecular weight is 367 g/mol. The Labute approximate surface area is 157 Å². The molecule has 1 amide bonds. The zero-order chi connectivity index (χ0) is 16.9. The zero-order valence-electron chi connectivity index (χ0n) is 15.2. The largest absolute Gasteiger partial charge is 0.336 e. The van der Waals surface area contributed by atoms with Gasteiger partial charge in [0.2, 0.25) is 0 Å². The summed E-state index contributed by atoms with van der Waals surface area (Å²) in [6.45, 7) is 6.50. The third kappa shape index (κ3) is 5.17. The third-order valence-corrected chi connectivity index (χ3v) is 5.49. The van der Waals surface area contributed by atoms with Crippen LogP contribution in [0.1, 0.15) is 35.2 Å². The molecule has 0 saturated carbocycles. The normalized spacial score (nSPS) is 22.5. The summed E-state index contributed by atoms with van der Waals surface area (Å²) in [5.74, 6) is 0.146. The van der Waals surface area contributed by atoms with Crippen molar-refractivity contribution in [2.75, 3.05) is 46.3 Å². The quantitative estimate of drug-likeness (QED) is 0.883. The van der Waals surface area contributed by atoms with Crippen molar-refractivity contribution in [3.05, 3.63) is 35.4 Å². The smallest absolute Gasteiger partial charge is 0.253 e. The molecule has 0 bridgehead atoms. The van der Waals surface area contributed by atoms with E-state index in [1.165, 1.54) is 25.8 Å². The Kier molecular flexibility index (Phi) is 7.69. The minimum absolute atomic E-state index is 0. The maximum absolute atomic E-state index is 12.6. The van der Waals surface area contributed by atoms with E-state index in [-0.39, 0.29) is 18.3 Å². The Balaban J connectivity index is 0.00000225. The number of nitrogens with zero attached hydrogens (tertiary/aromatic N) is 3. The summed E-state index contributed by atoms with van der Waals surface area (Å²) in [4.78, 5) is 19.6. The standard InChI is InChI=1S/C19H30N4O.ClH/c1-21-9-3-2-4-18(21)15-22-10-12-23(13-11-22)19(24)17-7-5-16(14-20)6-8-17;/h5-8,18H,2-4,9-15,20H2,1H3;1H. The van der Waals surface area contributed by atoms with Crippen LogP contribution in [0.5, 0.6) is 0 Å². The maximum Gasteiger partial charge on any atom is 0.253 e. The Morgan fingerprint density at radius 3 is 2.36 bits per heavy atom. The summed E-state index contributed by atoms with van der Waals surface area (Å²) in [5, 5.41) is 0. The van der Waals surface area contributed by atoms with E-state index < -0.39 is 0 Å². The van der Waals surface area contributed by atoms with E-state index in [2.05, 4.69) is 16.8 Å². The molecule has 2 saturated heterocycles. The Bertz CT molecular complexity index is 543. The highest BCUT2D eigenvalue weighted by molar-refractivity contribution is 5.94. The second-order valence-electron chi connectivity index (χ2n) is 7.12. The number of hydrogen-bond donors (Lipinski definition) is 1. The van der Waals surface area contributed by atoms with Crippen LogP contribution in [0.2, 0.25) is 0 Å². The number of carbonyl (C=O) groups excluding carboxylic acids is 1. The number of rotatable bonds is 4. The van der Waals surface area contributed by atoms with Gasteiger partial charge in [0.15, 0.2) is 0 Å². The lowest BCUT2D eigenvalue weighted by molar-refractivity contribution is 0.0565. The first-order valence-corrected chi connectivity index (χ1v) is 9.18. The van der Waals surface area contributed by atoms with Gasteiger partial charge in [0.1, 0.15) is 0 Å². The van der Waals surface area contributed by atoms with E-state index >= 15 is 0 Å². The molecule has 2 aliphatic rings. The molecule has 0 spiro atoms. The fourth-order valence-electron chi connectivity index (χ4n) is 3.77. The molecule has 2 aliphatic heterocycles.